The first kappa shape index (κ1) is 23.6. The number of piperazine rings is 1. The Morgan fingerprint density at radius 3 is 2.18 bits per heavy atom. The van der Waals surface area contributed by atoms with Crippen LogP contribution in [0, 0.1) is 0 Å². The van der Waals surface area contributed by atoms with Crippen LogP contribution in [0.15, 0.2) is 65.7 Å². The Hall–Kier alpha value is -2.57. The number of para-hydroxylation sites is 1. The summed E-state index contributed by atoms with van der Waals surface area (Å²) in [5.41, 5.74) is 2.75. The first-order valence-electron chi connectivity index (χ1n) is 12.6. The maximum atomic E-state index is 4.46. The molecule has 4 rings (SSSR count). The molecule has 0 unspecified atom stereocenters. The van der Waals surface area contributed by atoms with Crippen LogP contribution in [0.3, 0.4) is 0 Å². The molecule has 0 saturated carbocycles. The molecule has 2 aliphatic rings. The van der Waals surface area contributed by atoms with E-state index in [4.69, 9.17) is 0 Å². The molecule has 2 aliphatic heterocycles. The van der Waals surface area contributed by atoms with Crippen molar-refractivity contribution in [3.63, 3.8) is 0 Å². The fourth-order valence-corrected chi connectivity index (χ4v) is 4.84. The van der Waals surface area contributed by atoms with E-state index in [0.29, 0.717) is 6.04 Å². The maximum Gasteiger partial charge on any atom is 0.191 e. The lowest BCUT2D eigenvalue weighted by atomic mass is 10.0. The number of aliphatic imine (C=N–C) groups is 1. The molecule has 2 aromatic rings. The summed E-state index contributed by atoms with van der Waals surface area (Å²) in [4.78, 5) is 12.1. The number of hydrogen-bond acceptors (Lipinski definition) is 4. The number of rotatable bonds is 8. The Labute approximate surface area is 199 Å². The monoisotopic (exact) mass is 448 g/mol. The quantitative estimate of drug-likeness (QED) is 0.369. The Bertz CT molecular complexity index is 824. The molecule has 6 nitrogen and oxygen atoms in total. The minimum absolute atomic E-state index is 0.509. The number of likely N-dealkylation sites (tertiary alicyclic amines) is 1. The molecule has 0 aliphatic carbocycles. The third-order valence-electron chi connectivity index (χ3n) is 6.84. The Morgan fingerprint density at radius 2 is 1.52 bits per heavy atom. The lowest BCUT2D eigenvalue weighted by Gasteiger charge is -2.36. The largest absolute Gasteiger partial charge is 0.369 e. The third-order valence-corrected chi connectivity index (χ3v) is 6.84. The molecule has 2 N–H and O–H groups in total. The highest BCUT2D eigenvalue weighted by molar-refractivity contribution is 5.79. The fourth-order valence-electron chi connectivity index (χ4n) is 4.84. The third kappa shape index (κ3) is 7.47. The molecule has 0 aromatic heterocycles. The van der Waals surface area contributed by atoms with Crippen molar-refractivity contribution in [1.29, 1.82) is 0 Å². The number of nitrogens with one attached hydrogen (secondary N) is 2. The first-order chi connectivity index (χ1) is 16.3. The van der Waals surface area contributed by atoms with Crippen LogP contribution in [-0.2, 0) is 6.54 Å². The number of hydrogen-bond donors (Lipinski definition) is 2. The minimum Gasteiger partial charge on any atom is -0.369 e. The number of anilines is 1. The number of guanidine groups is 1. The Morgan fingerprint density at radius 1 is 0.848 bits per heavy atom. The summed E-state index contributed by atoms with van der Waals surface area (Å²) in [5.74, 6) is 0.949. The summed E-state index contributed by atoms with van der Waals surface area (Å²) < 4.78 is 0. The van der Waals surface area contributed by atoms with Crippen LogP contribution in [0.5, 0.6) is 0 Å². The summed E-state index contributed by atoms with van der Waals surface area (Å²) >= 11 is 0. The minimum atomic E-state index is 0.509. The molecule has 0 atom stereocenters. The second-order valence-electron chi connectivity index (χ2n) is 9.20. The molecular formula is C27H40N6. The van der Waals surface area contributed by atoms with Crippen LogP contribution in [0.25, 0.3) is 0 Å². The van der Waals surface area contributed by atoms with Gasteiger partial charge in [0, 0.05) is 71.1 Å². The van der Waals surface area contributed by atoms with Crippen molar-refractivity contribution in [3.05, 3.63) is 66.2 Å². The van der Waals surface area contributed by atoms with E-state index < -0.39 is 0 Å². The highest BCUT2D eigenvalue weighted by Crippen LogP contribution is 2.16. The standard InChI is InChI=1S/C27H40N6/c1-28-27(30-25-13-17-32(18-14-25)23-24-9-4-2-5-10-24)29-15-8-16-31-19-21-33(22-20-31)26-11-6-3-7-12-26/h2-7,9-12,25H,8,13-23H2,1H3,(H2,28,29,30). The Balaban J connectivity index is 1.08. The smallest absolute Gasteiger partial charge is 0.191 e. The second-order valence-corrected chi connectivity index (χ2v) is 9.20. The topological polar surface area (TPSA) is 46.1 Å². The highest BCUT2D eigenvalue weighted by Gasteiger charge is 2.20. The molecule has 0 bridgehead atoms. The first-order valence-corrected chi connectivity index (χ1v) is 12.6. The molecule has 6 heteroatoms. The normalized spacial score (nSPS) is 18.9. The lowest BCUT2D eigenvalue weighted by Crippen LogP contribution is -2.49. The van der Waals surface area contributed by atoms with Gasteiger partial charge in [0.1, 0.15) is 0 Å². The molecule has 178 valence electrons. The van der Waals surface area contributed by atoms with E-state index in [0.717, 1.165) is 71.3 Å². The van der Waals surface area contributed by atoms with Crippen molar-refractivity contribution in [1.82, 2.24) is 20.4 Å². The van der Waals surface area contributed by atoms with E-state index in [1.165, 1.54) is 24.1 Å². The molecule has 2 heterocycles. The second kappa shape index (κ2) is 12.6. The molecular weight excluding hydrogens is 408 g/mol. The molecule has 2 saturated heterocycles. The van der Waals surface area contributed by atoms with Gasteiger partial charge in [-0.2, -0.15) is 0 Å². The SMILES string of the molecule is CN=C(NCCCN1CCN(c2ccccc2)CC1)NC1CCN(Cc2ccccc2)CC1. The van der Waals surface area contributed by atoms with Gasteiger partial charge in [-0.3, -0.25) is 14.8 Å². The van der Waals surface area contributed by atoms with Gasteiger partial charge in [0.25, 0.3) is 0 Å². The van der Waals surface area contributed by atoms with E-state index in [9.17, 15) is 0 Å². The average molecular weight is 449 g/mol. The van der Waals surface area contributed by atoms with Crippen LogP contribution < -0.4 is 15.5 Å². The number of piperidine rings is 1. The van der Waals surface area contributed by atoms with Gasteiger partial charge in [-0.15, -0.1) is 0 Å². The zero-order chi connectivity index (χ0) is 22.7. The molecule has 0 amide bonds. The van der Waals surface area contributed by atoms with E-state index >= 15 is 0 Å². The summed E-state index contributed by atoms with van der Waals surface area (Å²) in [6.45, 7) is 9.95. The van der Waals surface area contributed by atoms with Crippen LogP contribution in [0.4, 0.5) is 5.69 Å². The molecule has 33 heavy (non-hydrogen) atoms. The molecule has 2 aromatic carbocycles. The fraction of sp³-hybridized carbons (Fsp3) is 0.519. The van der Waals surface area contributed by atoms with Gasteiger partial charge < -0.3 is 15.5 Å². The average Bonchev–Trinajstić information content (AvgIpc) is 2.88. The van der Waals surface area contributed by atoms with Crippen molar-refractivity contribution in [3.8, 4) is 0 Å². The molecule has 0 radical (unpaired) electrons. The van der Waals surface area contributed by atoms with Gasteiger partial charge in [-0.05, 0) is 43.5 Å². The lowest BCUT2D eigenvalue weighted by molar-refractivity contribution is 0.198. The van der Waals surface area contributed by atoms with Gasteiger partial charge >= 0.3 is 0 Å². The van der Waals surface area contributed by atoms with E-state index in [1.807, 2.05) is 7.05 Å². The highest BCUT2D eigenvalue weighted by atomic mass is 15.3. The zero-order valence-electron chi connectivity index (χ0n) is 20.1. The van der Waals surface area contributed by atoms with Gasteiger partial charge in [-0.25, -0.2) is 0 Å². The zero-order valence-corrected chi connectivity index (χ0v) is 20.1. The molecule has 0 spiro atoms. The van der Waals surface area contributed by atoms with Crippen molar-refractivity contribution < 1.29 is 0 Å². The van der Waals surface area contributed by atoms with Crippen molar-refractivity contribution in [2.24, 2.45) is 4.99 Å². The maximum absolute atomic E-state index is 4.46. The van der Waals surface area contributed by atoms with Crippen molar-refractivity contribution in [2.45, 2.75) is 31.8 Å². The molecule has 2 fully saturated rings. The van der Waals surface area contributed by atoms with Crippen LogP contribution in [-0.4, -0.2) is 81.2 Å². The van der Waals surface area contributed by atoms with Crippen molar-refractivity contribution in [2.75, 3.05) is 64.3 Å². The Kier molecular flexibility index (Phi) is 9.01. The van der Waals surface area contributed by atoms with E-state index in [-0.39, 0.29) is 0 Å². The summed E-state index contributed by atoms with van der Waals surface area (Å²) in [7, 11) is 1.88. The summed E-state index contributed by atoms with van der Waals surface area (Å²) in [6.07, 6.45) is 3.47. The van der Waals surface area contributed by atoms with Crippen LogP contribution >= 0.6 is 0 Å². The van der Waals surface area contributed by atoms with Gasteiger partial charge in [0.15, 0.2) is 5.96 Å². The van der Waals surface area contributed by atoms with E-state index in [1.54, 1.807) is 0 Å². The van der Waals surface area contributed by atoms with Gasteiger partial charge in [-0.1, -0.05) is 48.5 Å². The van der Waals surface area contributed by atoms with Gasteiger partial charge in [0.2, 0.25) is 0 Å². The predicted molar refractivity (Wildman–Crippen MR) is 139 cm³/mol. The van der Waals surface area contributed by atoms with Crippen LogP contribution in [0.1, 0.15) is 24.8 Å². The van der Waals surface area contributed by atoms with E-state index in [2.05, 4.69) is 91.0 Å². The van der Waals surface area contributed by atoms with Crippen LogP contribution in [0.2, 0.25) is 0 Å². The van der Waals surface area contributed by atoms with Gasteiger partial charge in [0.05, 0.1) is 0 Å². The summed E-state index contributed by atoms with van der Waals surface area (Å²) in [6, 6.07) is 22.1. The predicted octanol–water partition coefficient (Wildman–Crippen LogP) is 3.03. The summed E-state index contributed by atoms with van der Waals surface area (Å²) in [5, 5.41) is 7.17. The number of nitrogens with zero attached hydrogens (tertiary/aromatic N) is 4. The number of benzene rings is 2. The van der Waals surface area contributed by atoms with Crippen molar-refractivity contribution >= 4 is 11.6 Å².